The molecule has 2 atom stereocenters. The molecule has 1 rings (SSSR count). The van der Waals surface area contributed by atoms with Gasteiger partial charge in [-0.1, -0.05) is 6.92 Å². The van der Waals surface area contributed by atoms with Crippen LogP contribution in [0.3, 0.4) is 0 Å². The summed E-state index contributed by atoms with van der Waals surface area (Å²) in [5, 5.41) is 9.25. The van der Waals surface area contributed by atoms with Crippen LogP contribution in [0, 0.1) is 0 Å². The summed E-state index contributed by atoms with van der Waals surface area (Å²) < 4.78 is 4.75. The lowest BCUT2D eigenvalue weighted by Gasteiger charge is -2.40. The lowest BCUT2D eigenvalue weighted by Crippen LogP contribution is -2.54. The quantitative estimate of drug-likeness (QED) is 0.687. The summed E-state index contributed by atoms with van der Waals surface area (Å²) in [6.07, 6.45) is 0.961. The molecule has 0 spiro atoms. The summed E-state index contributed by atoms with van der Waals surface area (Å²) in [5.74, 6) is -0.173. The topological polar surface area (TPSA) is 53.0 Å². The van der Waals surface area contributed by atoms with Gasteiger partial charge in [0.05, 0.1) is 13.7 Å². The van der Waals surface area contributed by atoms with Crippen LogP contribution in [0.15, 0.2) is 0 Å². The first-order chi connectivity index (χ1) is 8.13. The summed E-state index contributed by atoms with van der Waals surface area (Å²) >= 11 is 0. The minimum atomic E-state index is -0.173. The highest BCUT2D eigenvalue weighted by Crippen LogP contribution is 2.11. The lowest BCUT2D eigenvalue weighted by atomic mass is 10.1. The van der Waals surface area contributed by atoms with Crippen molar-refractivity contribution in [3.05, 3.63) is 0 Å². The molecular weight excluding hydrogens is 220 g/mol. The molecule has 1 saturated heterocycles. The fourth-order valence-corrected chi connectivity index (χ4v) is 2.31. The normalized spacial score (nSPS) is 22.1. The summed E-state index contributed by atoms with van der Waals surface area (Å²) in [7, 11) is 1.42. The van der Waals surface area contributed by atoms with Crippen LogP contribution in [0.2, 0.25) is 0 Å². The maximum absolute atomic E-state index is 11.4. The van der Waals surface area contributed by atoms with Gasteiger partial charge < -0.3 is 9.84 Å². The van der Waals surface area contributed by atoms with E-state index in [2.05, 4.69) is 16.7 Å². The van der Waals surface area contributed by atoms with Crippen molar-refractivity contribution in [3.8, 4) is 0 Å². The molecule has 1 N–H and O–H groups in total. The summed E-state index contributed by atoms with van der Waals surface area (Å²) in [6, 6.07) is 0.0851. The van der Waals surface area contributed by atoms with Crippen molar-refractivity contribution >= 4 is 5.97 Å². The second kappa shape index (κ2) is 6.93. The Morgan fingerprint density at radius 2 is 1.82 bits per heavy atom. The van der Waals surface area contributed by atoms with Crippen molar-refractivity contribution < 1.29 is 14.6 Å². The molecule has 0 aromatic rings. The van der Waals surface area contributed by atoms with Gasteiger partial charge in [0.25, 0.3) is 0 Å². The third kappa shape index (κ3) is 3.66. The molecule has 0 aromatic carbocycles. The van der Waals surface area contributed by atoms with Crippen LogP contribution < -0.4 is 0 Å². The first-order valence-corrected chi connectivity index (χ1v) is 6.30. The first kappa shape index (κ1) is 14.4. The Kier molecular flexibility index (Phi) is 5.88. The Bertz CT molecular complexity index is 236. The van der Waals surface area contributed by atoms with Gasteiger partial charge in [0.1, 0.15) is 6.04 Å². The number of carbonyl (C=O) groups excluding carboxylic acids is 1. The maximum Gasteiger partial charge on any atom is 0.322 e. The Morgan fingerprint density at radius 3 is 2.24 bits per heavy atom. The van der Waals surface area contributed by atoms with E-state index in [9.17, 15) is 9.90 Å². The van der Waals surface area contributed by atoms with Crippen molar-refractivity contribution in [1.29, 1.82) is 0 Å². The molecule has 0 aromatic heterocycles. The van der Waals surface area contributed by atoms with Gasteiger partial charge in [0.15, 0.2) is 0 Å². The monoisotopic (exact) mass is 244 g/mol. The van der Waals surface area contributed by atoms with Crippen molar-refractivity contribution in [3.63, 3.8) is 0 Å². The van der Waals surface area contributed by atoms with Gasteiger partial charge in [-0.25, -0.2) is 0 Å². The zero-order valence-corrected chi connectivity index (χ0v) is 11.1. The summed E-state index contributed by atoms with van der Waals surface area (Å²) in [6.45, 7) is 7.69. The number of esters is 1. The van der Waals surface area contributed by atoms with E-state index in [1.807, 2.05) is 6.92 Å². The molecule has 0 bridgehead atoms. The van der Waals surface area contributed by atoms with Crippen LogP contribution >= 0.6 is 0 Å². The van der Waals surface area contributed by atoms with Gasteiger partial charge >= 0.3 is 5.97 Å². The SMILES string of the molecule is CCC(CO)N1CCN(C(C)C(=O)OC)CC1. The molecule has 100 valence electrons. The van der Waals surface area contributed by atoms with Gasteiger partial charge in [-0.05, 0) is 13.3 Å². The number of aliphatic hydroxyl groups is 1. The van der Waals surface area contributed by atoms with Crippen LogP contribution in [0.4, 0.5) is 0 Å². The molecule has 5 nitrogen and oxygen atoms in total. The Balaban J connectivity index is 2.42. The zero-order valence-electron chi connectivity index (χ0n) is 11.1. The average Bonchev–Trinajstić information content (AvgIpc) is 2.39. The van der Waals surface area contributed by atoms with E-state index >= 15 is 0 Å². The standard InChI is InChI=1S/C12H24N2O3/c1-4-11(9-15)14-7-5-13(6-8-14)10(2)12(16)17-3/h10-11,15H,4-9H2,1-3H3. The number of aliphatic hydroxyl groups excluding tert-OH is 1. The van der Waals surface area contributed by atoms with Gasteiger partial charge in [-0.3, -0.25) is 14.6 Å². The molecule has 1 aliphatic heterocycles. The molecule has 0 amide bonds. The van der Waals surface area contributed by atoms with E-state index in [1.165, 1.54) is 7.11 Å². The van der Waals surface area contributed by atoms with E-state index in [4.69, 9.17) is 4.74 Å². The van der Waals surface area contributed by atoms with E-state index in [0.717, 1.165) is 32.6 Å². The fourth-order valence-electron chi connectivity index (χ4n) is 2.31. The third-order valence-electron chi connectivity index (χ3n) is 3.64. The van der Waals surface area contributed by atoms with E-state index in [-0.39, 0.29) is 24.7 Å². The van der Waals surface area contributed by atoms with Crippen LogP contribution in [-0.2, 0) is 9.53 Å². The van der Waals surface area contributed by atoms with Crippen LogP contribution in [-0.4, -0.2) is 72.9 Å². The molecule has 5 heteroatoms. The van der Waals surface area contributed by atoms with E-state index < -0.39 is 0 Å². The second-order valence-corrected chi connectivity index (χ2v) is 4.52. The largest absolute Gasteiger partial charge is 0.468 e. The van der Waals surface area contributed by atoms with Crippen molar-refractivity contribution in [2.75, 3.05) is 39.9 Å². The molecule has 1 heterocycles. The Hall–Kier alpha value is -0.650. The minimum Gasteiger partial charge on any atom is -0.468 e. The predicted octanol–water partition coefficient (Wildman–Crippen LogP) is -0.0636. The minimum absolute atomic E-state index is 0.170. The van der Waals surface area contributed by atoms with Crippen molar-refractivity contribution in [2.24, 2.45) is 0 Å². The lowest BCUT2D eigenvalue weighted by molar-refractivity contribution is -0.147. The maximum atomic E-state index is 11.4. The van der Waals surface area contributed by atoms with Gasteiger partial charge in [0, 0.05) is 32.2 Å². The van der Waals surface area contributed by atoms with E-state index in [0.29, 0.717) is 0 Å². The summed E-state index contributed by atoms with van der Waals surface area (Å²) in [5.41, 5.74) is 0. The number of carbonyl (C=O) groups is 1. The number of hydrogen-bond acceptors (Lipinski definition) is 5. The summed E-state index contributed by atoms with van der Waals surface area (Å²) in [4.78, 5) is 15.8. The number of rotatable bonds is 5. The number of hydrogen-bond donors (Lipinski definition) is 1. The van der Waals surface area contributed by atoms with Gasteiger partial charge in [0.2, 0.25) is 0 Å². The fraction of sp³-hybridized carbons (Fsp3) is 0.917. The van der Waals surface area contributed by atoms with Gasteiger partial charge in [-0.2, -0.15) is 0 Å². The molecular formula is C12H24N2O3. The second-order valence-electron chi connectivity index (χ2n) is 4.52. The van der Waals surface area contributed by atoms with Crippen molar-refractivity contribution in [2.45, 2.75) is 32.4 Å². The Morgan fingerprint density at radius 1 is 1.29 bits per heavy atom. The predicted molar refractivity (Wildman–Crippen MR) is 65.8 cm³/mol. The molecule has 1 fully saturated rings. The molecule has 0 saturated carbocycles. The molecule has 0 aliphatic carbocycles. The highest BCUT2D eigenvalue weighted by Gasteiger charge is 2.28. The van der Waals surface area contributed by atoms with E-state index in [1.54, 1.807) is 0 Å². The third-order valence-corrected chi connectivity index (χ3v) is 3.64. The van der Waals surface area contributed by atoms with Crippen molar-refractivity contribution in [1.82, 2.24) is 9.80 Å². The highest BCUT2D eigenvalue weighted by molar-refractivity contribution is 5.75. The molecule has 1 aliphatic rings. The zero-order chi connectivity index (χ0) is 12.8. The average molecular weight is 244 g/mol. The number of nitrogens with zero attached hydrogens (tertiary/aromatic N) is 2. The Labute approximate surface area is 103 Å². The highest BCUT2D eigenvalue weighted by atomic mass is 16.5. The molecule has 17 heavy (non-hydrogen) atoms. The van der Waals surface area contributed by atoms with Crippen LogP contribution in [0.1, 0.15) is 20.3 Å². The number of piperazine rings is 1. The number of ether oxygens (including phenoxy) is 1. The van der Waals surface area contributed by atoms with Gasteiger partial charge in [-0.15, -0.1) is 0 Å². The van der Waals surface area contributed by atoms with Crippen LogP contribution in [0.25, 0.3) is 0 Å². The van der Waals surface area contributed by atoms with Crippen LogP contribution in [0.5, 0.6) is 0 Å². The smallest absolute Gasteiger partial charge is 0.322 e. The number of methoxy groups -OCH3 is 1. The molecule has 0 radical (unpaired) electrons. The first-order valence-electron chi connectivity index (χ1n) is 6.30. The molecule has 2 unspecified atom stereocenters.